The number of rotatable bonds is 4. The Balaban J connectivity index is 3.08. The highest BCUT2D eigenvalue weighted by Gasteiger charge is 2.15. The number of benzene rings is 1. The summed E-state index contributed by atoms with van der Waals surface area (Å²) in [7, 11) is 1.31. The summed E-state index contributed by atoms with van der Waals surface area (Å²) >= 11 is 0. The van der Waals surface area contributed by atoms with Crippen molar-refractivity contribution in [2.75, 3.05) is 7.11 Å². The average molecular weight is 246 g/mol. The summed E-state index contributed by atoms with van der Waals surface area (Å²) in [5, 5.41) is 9.42. The maximum Gasteiger partial charge on any atom is 0.307 e. The lowest BCUT2D eigenvalue weighted by atomic mass is 9.94. The molecule has 0 radical (unpaired) electrons. The molecule has 0 fully saturated rings. The first-order chi connectivity index (χ1) is 8.62. The van der Waals surface area contributed by atoms with Crippen molar-refractivity contribution in [3.8, 4) is 17.6 Å². The van der Waals surface area contributed by atoms with Crippen LogP contribution in [0, 0.1) is 11.8 Å². The number of aldehydes is 1. The lowest BCUT2D eigenvalue weighted by molar-refractivity contribution is -0.140. The molecule has 0 amide bonds. The zero-order valence-corrected chi connectivity index (χ0v) is 10.3. The summed E-state index contributed by atoms with van der Waals surface area (Å²) in [6.07, 6.45) is 0.674. The number of carbonyl (C=O) groups excluding carboxylic acids is 2. The van der Waals surface area contributed by atoms with Gasteiger partial charge in [-0.15, -0.1) is 5.92 Å². The van der Waals surface area contributed by atoms with Crippen LogP contribution in [0.25, 0.3) is 0 Å². The molecule has 0 saturated carbocycles. The third-order valence-electron chi connectivity index (χ3n) is 2.50. The third-order valence-corrected chi connectivity index (χ3v) is 2.50. The van der Waals surface area contributed by atoms with Crippen molar-refractivity contribution in [2.24, 2.45) is 0 Å². The van der Waals surface area contributed by atoms with Crippen LogP contribution in [0.4, 0.5) is 0 Å². The Kier molecular flexibility index (Phi) is 4.94. The average Bonchev–Trinajstić information content (AvgIpc) is 2.38. The molecule has 94 valence electrons. The van der Waals surface area contributed by atoms with Crippen molar-refractivity contribution >= 4 is 12.3 Å². The van der Waals surface area contributed by atoms with Crippen LogP contribution < -0.4 is 0 Å². The summed E-state index contributed by atoms with van der Waals surface area (Å²) in [6.45, 7) is 1.67. The predicted molar refractivity (Wildman–Crippen MR) is 66.3 cm³/mol. The van der Waals surface area contributed by atoms with E-state index < -0.39 is 0 Å². The smallest absolute Gasteiger partial charge is 0.307 e. The number of ether oxygens (including phenoxy) is 1. The maximum atomic E-state index is 11.3. The molecule has 4 heteroatoms. The molecule has 1 rings (SSSR count). The van der Waals surface area contributed by atoms with E-state index >= 15 is 0 Å². The Morgan fingerprint density at radius 1 is 1.56 bits per heavy atom. The molecular formula is C14H14O4. The van der Waals surface area contributed by atoms with Crippen LogP contribution >= 0.6 is 0 Å². The van der Waals surface area contributed by atoms with Crippen molar-refractivity contribution in [3.05, 3.63) is 29.3 Å². The number of esters is 1. The highest BCUT2D eigenvalue weighted by Crippen LogP contribution is 2.24. The largest absolute Gasteiger partial charge is 0.507 e. The van der Waals surface area contributed by atoms with Crippen molar-refractivity contribution < 1.29 is 19.4 Å². The Bertz CT molecular complexity index is 508. The molecule has 1 N–H and O–H groups in total. The number of aromatic hydroxyl groups is 1. The topological polar surface area (TPSA) is 63.6 Å². The minimum Gasteiger partial charge on any atom is -0.507 e. The summed E-state index contributed by atoms with van der Waals surface area (Å²) in [5.74, 6) is 4.82. The van der Waals surface area contributed by atoms with E-state index in [9.17, 15) is 14.7 Å². The van der Waals surface area contributed by atoms with E-state index in [1.807, 2.05) is 0 Å². The molecule has 1 aromatic rings. The molecule has 18 heavy (non-hydrogen) atoms. The van der Waals surface area contributed by atoms with Crippen molar-refractivity contribution in [1.82, 2.24) is 0 Å². The first-order valence-electron chi connectivity index (χ1n) is 5.39. The van der Waals surface area contributed by atoms with Crippen LogP contribution in [-0.4, -0.2) is 24.5 Å². The highest BCUT2D eigenvalue weighted by molar-refractivity contribution is 5.79. The summed E-state index contributed by atoms with van der Waals surface area (Å²) in [6, 6.07) is 4.58. The Labute approximate surface area is 106 Å². The minimum absolute atomic E-state index is 0.0879. The Morgan fingerprint density at radius 3 is 2.83 bits per heavy atom. The van der Waals surface area contributed by atoms with Gasteiger partial charge in [0.25, 0.3) is 0 Å². The SMILES string of the molecule is CC#C[C@@H](CC(=O)OC)c1ccc(O)c(C=O)c1. The van der Waals surface area contributed by atoms with Gasteiger partial charge in [0.05, 0.1) is 25.0 Å². The van der Waals surface area contributed by atoms with Gasteiger partial charge in [-0.25, -0.2) is 0 Å². The standard InChI is InChI=1S/C14H14O4/c1-3-4-10(8-14(17)18-2)11-5-6-13(16)12(7-11)9-15/h5-7,9-10,16H,8H2,1-2H3/t10-/m0/s1. The van der Waals surface area contributed by atoms with Gasteiger partial charge in [-0.2, -0.15) is 0 Å². The Morgan fingerprint density at radius 2 is 2.28 bits per heavy atom. The van der Waals surface area contributed by atoms with Crippen LogP contribution in [0.15, 0.2) is 18.2 Å². The van der Waals surface area contributed by atoms with Gasteiger partial charge in [0.1, 0.15) is 5.75 Å². The van der Waals surface area contributed by atoms with E-state index in [4.69, 9.17) is 0 Å². The van der Waals surface area contributed by atoms with Gasteiger partial charge in [-0.1, -0.05) is 12.0 Å². The van der Waals surface area contributed by atoms with Gasteiger partial charge < -0.3 is 9.84 Å². The second-order valence-corrected chi connectivity index (χ2v) is 3.66. The van der Waals surface area contributed by atoms with Gasteiger partial charge in [-0.3, -0.25) is 9.59 Å². The fourth-order valence-corrected chi connectivity index (χ4v) is 1.56. The minimum atomic E-state index is -0.372. The molecule has 0 aliphatic rings. The summed E-state index contributed by atoms with van der Waals surface area (Å²) in [5.41, 5.74) is 0.884. The van der Waals surface area contributed by atoms with E-state index in [0.29, 0.717) is 11.8 Å². The molecule has 4 nitrogen and oxygen atoms in total. The zero-order valence-electron chi connectivity index (χ0n) is 10.3. The fraction of sp³-hybridized carbons (Fsp3) is 0.286. The lowest BCUT2D eigenvalue weighted by Crippen LogP contribution is -2.07. The van der Waals surface area contributed by atoms with E-state index in [1.165, 1.54) is 19.2 Å². The number of phenolic OH excluding ortho intramolecular Hbond substituents is 1. The summed E-state index contributed by atoms with van der Waals surface area (Å²) in [4.78, 5) is 22.0. The molecule has 0 unspecified atom stereocenters. The second-order valence-electron chi connectivity index (χ2n) is 3.66. The number of hydrogen-bond acceptors (Lipinski definition) is 4. The van der Waals surface area contributed by atoms with Crippen LogP contribution in [0.3, 0.4) is 0 Å². The molecule has 0 saturated heterocycles. The van der Waals surface area contributed by atoms with Gasteiger partial charge in [0.2, 0.25) is 0 Å². The van der Waals surface area contributed by atoms with E-state index in [2.05, 4.69) is 16.6 Å². The van der Waals surface area contributed by atoms with E-state index in [-0.39, 0.29) is 29.6 Å². The summed E-state index contributed by atoms with van der Waals surface area (Å²) < 4.78 is 4.60. The van der Waals surface area contributed by atoms with Crippen LogP contribution in [0.5, 0.6) is 5.75 Å². The fourth-order valence-electron chi connectivity index (χ4n) is 1.56. The first kappa shape index (κ1) is 13.8. The lowest BCUT2D eigenvalue weighted by Gasteiger charge is -2.11. The Hall–Kier alpha value is -2.28. The van der Waals surface area contributed by atoms with Crippen molar-refractivity contribution in [3.63, 3.8) is 0 Å². The van der Waals surface area contributed by atoms with Crippen LogP contribution in [-0.2, 0) is 9.53 Å². The second kappa shape index (κ2) is 6.45. The van der Waals surface area contributed by atoms with Gasteiger partial charge in [0, 0.05) is 0 Å². The van der Waals surface area contributed by atoms with E-state index in [1.54, 1.807) is 13.0 Å². The molecule has 0 heterocycles. The normalized spacial score (nSPS) is 11.0. The molecule has 0 aromatic heterocycles. The molecule has 1 aromatic carbocycles. The predicted octanol–water partition coefficient (Wildman–Crippen LogP) is 1.87. The van der Waals surface area contributed by atoms with Crippen molar-refractivity contribution in [2.45, 2.75) is 19.3 Å². The van der Waals surface area contributed by atoms with Crippen molar-refractivity contribution in [1.29, 1.82) is 0 Å². The van der Waals surface area contributed by atoms with Gasteiger partial charge in [-0.05, 0) is 24.6 Å². The quantitative estimate of drug-likeness (QED) is 0.500. The molecule has 0 aliphatic carbocycles. The molecule has 1 atom stereocenters. The van der Waals surface area contributed by atoms with E-state index in [0.717, 1.165) is 0 Å². The molecule has 0 spiro atoms. The number of methoxy groups -OCH3 is 1. The van der Waals surface area contributed by atoms with Crippen LogP contribution in [0.2, 0.25) is 0 Å². The van der Waals surface area contributed by atoms with Gasteiger partial charge >= 0.3 is 5.97 Å². The molecular weight excluding hydrogens is 232 g/mol. The third kappa shape index (κ3) is 3.36. The number of hydrogen-bond donors (Lipinski definition) is 1. The zero-order chi connectivity index (χ0) is 13.5. The number of phenols is 1. The van der Waals surface area contributed by atoms with Gasteiger partial charge in [0.15, 0.2) is 6.29 Å². The molecule has 0 bridgehead atoms. The maximum absolute atomic E-state index is 11.3. The molecule has 0 aliphatic heterocycles. The highest BCUT2D eigenvalue weighted by atomic mass is 16.5. The van der Waals surface area contributed by atoms with Crippen LogP contribution in [0.1, 0.15) is 35.2 Å². The monoisotopic (exact) mass is 246 g/mol. The first-order valence-corrected chi connectivity index (χ1v) is 5.39. The number of carbonyl (C=O) groups is 2.